The first kappa shape index (κ1) is 17.1. The van der Waals surface area contributed by atoms with Crippen LogP contribution in [-0.4, -0.2) is 65.8 Å². The molecule has 1 fully saturated rings. The Morgan fingerprint density at radius 2 is 2.12 bits per heavy atom. The average molecular weight is 350 g/mol. The Hall–Kier alpha value is -1.77. The second-order valence-electron chi connectivity index (χ2n) is 6.22. The second kappa shape index (κ2) is 6.62. The van der Waals surface area contributed by atoms with Crippen molar-refractivity contribution in [1.82, 2.24) is 14.9 Å². The number of fused-ring (bicyclic) bond motifs is 1. The molecule has 0 spiro atoms. The minimum absolute atomic E-state index is 0.318. The number of aryl methyl sites for hydroxylation is 1. The van der Waals surface area contributed by atoms with Gasteiger partial charge in [-0.3, -0.25) is 0 Å². The van der Waals surface area contributed by atoms with Crippen molar-refractivity contribution in [1.29, 1.82) is 0 Å². The number of carbonyl (C=O) groups is 1. The molecule has 0 aliphatic carbocycles. The van der Waals surface area contributed by atoms with E-state index in [4.69, 9.17) is 9.72 Å². The van der Waals surface area contributed by atoms with Gasteiger partial charge >= 0.3 is 5.97 Å². The van der Waals surface area contributed by atoms with Crippen LogP contribution in [0.1, 0.15) is 28.0 Å². The van der Waals surface area contributed by atoms with Crippen molar-refractivity contribution in [2.75, 3.05) is 38.7 Å². The largest absolute Gasteiger partial charge is 0.462 e. The maximum absolute atomic E-state index is 12.2. The molecule has 0 amide bonds. The highest BCUT2D eigenvalue weighted by Gasteiger charge is 2.30. The standard InChI is InChI=1S/C16H22N4O3S/c1-5-23-16(22)13-9(2)12-14(20-6-10(21)7-20)17-11(8-19(3)4)18-15(12)24-13/h10,21H,5-8H2,1-4H3. The third-order valence-corrected chi connectivity index (χ3v) is 5.06. The predicted molar refractivity (Wildman–Crippen MR) is 93.7 cm³/mol. The number of ether oxygens (including phenoxy) is 1. The van der Waals surface area contributed by atoms with Gasteiger partial charge in [-0.15, -0.1) is 11.3 Å². The predicted octanol–water partition coefficient (Wildman–Crippen LogP) is 1.42. The Labute approximate surface area is 144 Å². The van der Waals surface area contributed by atoms with E-state index in [0.717, 1.165) is 21.6 Å². The molecule has 24 heavy (non-hydrogen) atoms. The number of rotatable bonds is 5. The molecule has 3 rings (SSSR count). The van der Waals surface area contributed by atoms with Crippen LogP contribution in [0.4, 0.5) is 5.82 Å². The van der Waals surface area contributed by atoms with Crippen molar-refractivity contribution in [2.24, 2.45) is 0 Å². The van der Waals surface area contributed by atoms with Gasteiger partial charge in [-0.2, -0.15) is 0 Å². The summed E-state index contributed by atoms with van der Waals surface area (Å²) in [5, 5.41) is 10.5. The van der Waals surface area contributed by atoms with Crippen molar-refractivity contribution >= 4 is 33.3 Å². The molecule has 1 N–H and O–H groups in total. The number of thiophene rings is 1. The highest BCUT2D eigenvalue weighted by atomic mass is 32.1. The summed E-state index contributed by atoms with van der Waals surface area (Å²) in [4.78, 5) is 26.9. The van der Waals surface area contributed by atoms with Gasteiger partial charge in [0.25, 0.3) is 0 Å². The molecule has 130 valence electrons. The summed E-state index contributed by atoms with van der Waals surface area (Å²) in [6.45, 7) is 5.76. The maximum atomic E-state index is 12.2. The Morgan fingerprint density at radius 3 is 2.71 bits per heavy atom. The molecular weight excluding hydrogens is 328 g/mol. The van der Waals surface area contributed by atoms with Gasteiger partial charge in [0.05, 0.1) is 24.6 Å². The van der Waals surface area contributed by atoms with E-state index in [9.17, 15) is 9.90 Å². The van der Waals surface area contributed by atoms with Crippen LogP contribution < -0.4 is 4.90 Å². The monoisotopic (exact) mass is 350 g/mol. The first-order chi connectivity index (χ1) is 11.4. The van der Waals surface area contributed by atoms with Gasteiger partial charge in [0, 0.05) is 13.1 Å². The molecule has 8 heteroatoms. The van der Waals surface area contributed by atoms with Crippen LogP contribution in [0.15, 0.2) is 0 Å². The van der Waals surface area contributed by atoms with Crippen molar-refractivity contribution in [3.63, 3.8) is 0 Å². The SMILES string of the molecule is CCOC(=O)c1sc2nc(CN(C)C)nc(N3CC(O)C3)c2c1C. The summed E-state index contributed by atoms with van der Waals surface area (Å²) in [5.74, 6) is 1.19. The number of hydrogen-bond acceptors (Lipinski definition) is 8. The van der Waals surface area contributed by atoms with Gasteiger partial charge < -0.3 is 19.6 Å². The van der Waals surface area contributed by atoms with Gasteiger partial charge in [0.1, 0.15) is 21.3 Å². The number of aromatic nitrogens is 2. The molecule has 0 unspecified atom stereocenters. The Morgan fingerprint density at radius 1 is 1.42 bits per heavy atom. The second-order valence-corrected chi connectivity index (χ2v) is 7.22. The van der Waals surface area contributed by atoms with Gasteiger partial charge in [0.15, 0.2) is 0 Å². The number of aliphatic hydroxyl groups is 1. The summed E-state index contributed by atoms with van der Waals surface area (Å²) >= 11 is 1.35. The lowest BCUT2D eigenvalue weighted by Gasteiger charge is -2.37. The summed E-state index contributed by atoms with van der Waals surface area (Å²) in [6.07, 6.45) is -0.323. The zero-order valence-corrected chi connectivity index (χ0v) is 15.2. The summed E-state index contributed by atoms with van der Waals surface area (Å²) in [7, 11) is 3.93. The van der Waals surface area contributed by atoms with E-state index in [1.165, 1.54) is 11.3 Å². The Bertz CT molecular complexity index is 768. The first-order valence-corrected chi connectivity index (χ1v) is 8.77. The maximum Gasteiger partial charge on any atom is 0.348 e. The van der Waals surface area contributed by atoms with Crippen molar-refractivity contribution in [2.45, 2.75) is 26.5 Å². The highest BCUT2D eigenvalue weighted by molar-refractivity contribution is 7.20. The number of anilines is 1. The smallest absolute Gasteiger partial charge is 0.348 e. The van der Waals surface area contributed by atoms with Gasteiger partial charge in [-0.25, -0.2) is 14.8 Å². The number of esters is 1. The number of nitrogens with zero attached hydrogens (tertiary/aromatic N) is 4. The summed E-state index contributed by atoms with van der Waals surface area (Å²) < 4.78 is 5.15. The quantitative estimate of drug-likeness (QED) is 0.817. The van der Waals surface area contributed by atoms with Crippen LogP contribution in [0.2, 0.25) is 0 Å². The van der Waals surface area contributed by atoms with E-state index < -0.39 is 0 Å². The molecule has 2 aromatic rings. The first-order valence-electron chi connectivity index (χ1n) is 7.95. The van der Waals surface area contributed by atoms with Crippen LogP contribution in [0.25, 0.3) is 10.2 Å². The molecule has 3 heterocycles. The molecule has 0 saturated carbocycles. The normalized spacial score (nSPS) is 15.2. The molecule has 1 aliphatic heterocycles. The Balaban J connectivity index is 2.12. The molecule has 1 saturated heterocycles. The van der Waals surface area contributed by atoms with E-state index in [2.05, 4.69) is 4.98 Å². The lowest BCUT2D eigenvalue weighted by molar-refractivity contribution is 0.0531. The van der Waals surface area contributed by atoms with Crippen LogP contribution in [0.3, 0.4) is 0 Å². The van der Waals surface area contributed by atoms with Crippen molar-refractivity contribution in [3.05, 3.63) is 16.3 Å². The molecule has 0 radical (unpaired) electrons. The number of hydrogen-bond donors (Lipinski definition) is 1. The lowest BCUT2D eigenvalue weighted by atomic mass is 10.1. The van der Waals surface area contributed by atoms with E-state index >= 15 is 0 Å². The minimum Gasteiger partial charge on any atom is -0.462 e. The topological polar surface area (TPSA) is 78.8 Å². The van der Waals surface area contributed by atoms with Crippen LogP contribution >= 0.6 is 11.3 Å². The fourth-order valence-electron chi connectivity index (χ4n) is 2.76. The highest BCUT2D eigenvalue weighted by Crippen LogP contribution is 2.37. The molecule has 7 nitrogen and oxygen atoms in total. The lowest BCUT2D eigenvalue weighted by Crippen LogP contribution is -2.51. The fraction of sp³-hybridized carbons (Fsp3) is 0.562. The molecule has 0 atom stereocenters. The van der Waals surface area contributed by atoms with Gasteiger partial charge in [0.2, 0.25) is 0 Å². The van der Waals surface area contributed by atoms with Crippen molar-refractivity contribution < 1.29 is 14.6 Å². The van der Waals surface area contributed by atoms with E-state index in [1.807, 2.05) is 30.8 Å². The zero-order valence-electron chi connectivity index (χ0n) is 14.4. The fourth-order valence-corrected chi connectivity index (χ4v) is 3.85. The number of carbonyl (C=O) groups excluding carboxylic acids is 1. The zero-order chi connectivity index (χ0) is 17.4. The number of aliphatic hydroxyl groups excluding tert-OH is 1. The van der Waals surface area contributed by atoms with E-state index in [0.29, 0.717) is 36.9 Å². The van der Waals surface area contributed by atoms with Gasteiger partial charge in [-0.05, 0) is 33.5 Å². The van der Waals surface area contributed by atoms with Crippen LogP contribution in [0.5, 0.6) is 0 Å². The number of β-amino-alcohol motifs (C(OH)–C–C–N with tert-alkyl or cyclic N) is 1. The van der Waals surface area contributed by atoms with Crippen LogP contribution in [-0.2, 0) is 11.3 Å². The van der Waals surface area contributed by atoms with Crippen LogP contribution in [0, 0.1) is 6.92 Å². The minimum atomic E-state index is -0.323. The van der Waals surface area contributed by atoms with E-state index in [1.54, 1.807) is 6.92 Å². The molecule has 0 aromatic carbocycles. The van der Waals surface area contributed by atoms with E-state index in [-0.39, 0.29) is 12.1 Å². The summed E-state index contributed by atoms with van der Waals surface area (Å²) in [5.41, 5.74) is 0.848. The third-order valence-electron chi connectivity index (χ3n) is 3.90. The van der Waals surface area contributed by atoms with Gasteiger partial charge in [-0.1, -0.05) is 0 Å². The molecule has 0 bridgehead atoms. The summed E-state index contributed by atoms with van der Waals surface area (Å²) in [6, 6.07) is 0. The third kappa shape index (κ3) is 3.09. The molecular formula is C16H22N4O3S. The molecule has 1 aliphatic rings. The Kier molecular flexibility index (Phi) is 4.71. The van der Waals surface area contributed by atoms with Crippen molar-refractivity contribution in [3.8, 4) is 0 Å². The molecule has 2 aromatic heterocycles. The average Bonchev–Trinajstić information content (AvgIpc) is 2.80.